The molecular formula is C9H19NO5Si. The third kappa shape index (κ3) is 4.39. The number of carbonyl (C=O) groups is 1. The standard InChI is InChI=1S/C9H19NO5Si/c1-5-6-8(9(11)12)7-10-16(13-2,14-3)15-4/h7-8H,5-6H2,1-4H3,(H,11,12)/b10-7+. The van der Waals surface area contributed by atoms with E-state index in [4.69, 9.17) is 18.4 Å². The van der Waals surface area contributed by atoms with Crippen LogP contribution in [0, 0.1) is 5.92 Å². The smallest absolute Gasteiger partial charge is 0.481 e. The summed E-state index contributed by atoms with van der Waals surface area (Å²) in [4.78, 5) is 10.9. The Hall–Kier alpha value is -0.763. The molecule has 0 rings (SSSR count). The maximum atomic E-state index is 10.9. The Labute approximate surface area is 96.7 Å². The van der Waals surface area contributed by atoms with Crippen LogP contribution in [0.3, 0.4) is 0 Å². The Kier molecular flexibility index (Phi) is 7.14. The molecule has 0 spiro atoms. The molecule has 94 valence electrons. The first-order valence-electron chi connectivity index (χ1n) is 4.98. The van der Waals surface area contributed by atoms with Crippen molar-refractivity contribution in [3.05, 3.63) is 0 Å². The van der Waals surface area contributed by atoms with E-state index in [1.165, 1.54) is 27.5 Å². The predicted molar refractivity (Wildman–Crippen MR) is 61.3 cm³/mol. The van der Waals surface area contributed by atoms with Crippen LogP contribution in [0.2, 0.25) is 0 Å². The van der Waals surface area contributed by atoms with Crippen molar-refractivity contribution >= 4 is 21.1 Å². The van der Waals surface area contributed by atoms with Gasteiger partial charge in [0, 0.05) is 27.5 Å². The van der Waals surface area contributed by atoms with Crippen molar-refractivity contribution in [2.24, 2.45) is 10.6 Å². The third-order valence-corrected chi connectivity index (χ3v) is 4.12. The minimum Gasteiger partial charge on any atom is -0.481 e. The van der Waals surface area contributed by atoms with Gasteiger partial charge in [-0.3, -0.25) is 9.45 Å². The van der Waals surface area contributed by atoms with Crippen molar-refractivity contribution in [3.8, 4) is 0 Å². The fraction of sp³-hybridized carbons (Fsp3) is 0.778. The molecule has 0 aliphatic heterocycles. The summed E-state index contributed by atoms with van der Waals surface area (Å²) in [5, 5.41) is 8.92. The van der Waals surface area contributed by atoms with Gasteiger partial charge < -0.3 is 18.4 Å². The molecular weight excluding hydrogens is 230 g/mol. The first-order chi connectivity index (χ1) is 7.55. The second-order valence-corrected chi connectivity index (χ2v) is 5.68. The van der Waals surface area contributed by atoms with Gasteiger partial charge in [-0.1, -0.05) is 13.3 Å². The molecule has 0 saturated heterocycles. The lowest BCUT2D eigenvalue weighted by Crippen LogP contribution is -2.41. The number of hydrogen-bond acceptors (Lipinski definition) is 5. The van der Waals surface area contributed by atoms with Crippen molar-refractivity contribution in [1.82, 2.24) is 0 Å². The van der Waals surface area contributed by atoms with Gasteiger partial charge in [-0.15, -0.1) is 0 Å². The molecule has 0 radical (unpaired) electrons. The van der Waals surface area contributed by atoms with E-state index in [0.717, 1.165) is 6.42 Å². The van der Waals surface area contributed by atoms with Crippen LogP contribution in [0.1, 0.15) is 19.8 Å². The Morgan fingerprint density at radius 1 is 1.38 bits per heavy atom. The summed E-state index contributed by atoms with van der Waals surface area (Å²) >= 11 is 0. The van der Waals surface area contributed by atoms with Gasteiger partial charge >= 0.3 is 14.9 Å². The quantitative estimate of drug-likeness (QED) is 0.511. The Bertz CT molecular complexity index is 234. The summed E-state index contributed by atoms with van der Waals surface area (Å²) in [5.41, 5.74) is 0. The van der Waals surface area contributed by atoms with Crippen LogP contribution in [0.15, 0.2) is 4.66 Å². The normalized spacial score (nSPS) is 14.2. The molecule has 0 aliphatic carbocycles. The molecule has 1 N–H and O–H groups in total. The van der Waals surface area contributed by atoms with Crippen LogP contribution in [0.4, 0.5) is 0 Å². The monoisotopic (exact) mass is 249 g/mol. The largest absolute Gasteiger partial charge is 0.651 e. The van der Waals surface area contributed by atoms with Gasteiger partial charge in [-0.2, -0.15) is 0 Å². The second kappa shape index (κ2) is 7.50. The highest BCUT2D eigenvalue weighted by Crippen LogP contribution is 2.10. The van der Waals surface area contributed by atoms with E-state index in [-0.39, 0.29) is 0 Å². The number of aliphatic carboxylic acids is 1. The van der Waals surface area contributed by atoms with Crippen molar-refractivity contribution in [2.75, 3.05) is 21.3 Å². The van der Waals surface area contributed by atoms with E-state index in [1.807, 2.05) is 6.92 Å². The molecule has 0 aromatic carbocycles. The molecule has 0 aromatic heterocycles. The van der Waals surface area contributed by atoms with Gasteiger partial charge in [-0.25, -0.2) is 0 Å². The Balaban J connectivity index is 4.67. The Morgan fingerprint density at radius 3 is 2.19 bits per heavy atom. The number of rotatable bonds is 8. The van der Waals surface area contributed by atoms with Gasteiger partial charge in [0.2, 0.25) is 0 Å². The van der Waals surface area contributed by atoms with E-state index in [1.54, 1.807) is 0 Å². The predicted octanol–water partition coefficient (Wildman–Crippen LogP) is 0.933. The average molecular weight is 249 g/mol. The minimum absolute atomic E-state index is 0.528. The highest BCUT2D eigenvalue weighted by atomic mass is 28.4. The van der Waals surface area contributed by atoms with Crippen LogP contribution >= 0.6 is 0 Å². The van der Waals surface area contributed by atoms with E-state index in [2.05, 4.69) is 4.66 Å². The van der Waals surface area contributed by atoms with Crippen molar-refractivity contribution in [2.45, 2.75) is 19.8 Å². The lowest BCUT2D eigenvalue weighted by molar-refractivity contribution is -0.139. The molecule has 0 fully saturated rings. The summed E-state index contributed by atoms with van der Waals surface area (Å²) < 4.78 is 19.2. The van der Waals surface area contributed by atoms with E-state index in [0.29, 0.717) is 6.42 Å². The van der Waals surface area contributed by atoms with Crippen molar-refractivity contribution in [1.29, 1.82) is 0 Å². The van der Waals surface area contributed by atoms with Crippen molar-refractivity contribution < 1.29 is 23.2 Å². The van der Waals surface area contributed by atoms with E-state index in [9.17, 15) is 4.79 Å². The molecule has 0 amide bonds. The van der Waals surface area contributed by atoms with Crippen LogP contribution in [-0.4, -0.2) is 47.6 Å². The zero-order chi connectivity index (χ0) is 12.6. The zero-order valence-corrected chi connectivity index (χ0v) is 11.1. The number of carboxylic acid groups (broad SMARTS) is 1. The molecule has 16 heavy (non-hydrogen) atoms. The van der Waals surface area contributed by atoms with Crippen LogP contribution < -0.4 is 0 Å². The topological polar surface area (TPSA) is 77.3 Å². The summed E-state index contributed by atoms with van der Waals surface area (Å²) in [6, 6.07) is 0. The van der Waals surface area contributed by atoms with Gasteiger partial charge in [-0.05, 0) is 6.42 Å². The average Bonchev–Trinajstić information content (AvgIpc) is 2.29. The SMILES string of the molecule is CCCC(/C=N/[Si](OC)(OC)OC)C(=O)O. The number of carboxylic acids is 1. The maximum absolute atomic E-state index is 10.9. The molecule has 0 aliphatic rings. The highest BCUT2D eigenvalue weighted by molar-refractivity contribution is 6.59. The van der Waals surface area contributed by atoms with E-state index < -0.39 is 20.9 Å². The van der Waals surface area contributed by atoms with Crippen LogP contribution in [0.5, 0.6) is 0 Å². The lowest BCUT2D eigenvalue weighted by Gasteiger charge is -2.18. The molecule has 1 unspecified atom stereocenters. The fourth-order valence-corrected chi connectivity index (χ4v) is 2.34. The number of hydrogen-bond donors (Lipinski definition) is 1. The summed E-state index contributed by atoms with van der Waals surface area (Å²) in [6.07, 6.45) is 2.64. The van der Waals surface area contributed by atoms with Gasteiger partial charge in [0.05, 0.1) is 5.92 Å². The highest BCUT2D eigenvalue weighted by Gasteiger charge is 2.39. The summed E-state index contributed by atoms with van der Waals surface area (Å²) in [6.45, 7) is 1.91. The van der Waals surface area contributed by atoms with Crippen molar-refractivity contribution in [3.63, 3.8) is 0 Å². The minimum atomic E-state index is -3.05. The summed E-state index contributed by atoms with van der Waals surface area (Å²) in [7, 11) is 1.22. The molecule has 0 heterocycles. The van der Waals surface area contributed by atoms with Gasteiger partial charge in [0.15, 0.2) is 0 Å². The Morgan fingerprint density at radius 2 is 1.88 bits per heavy atom. The van der Waals surface area contributed by atoms with Gasteiger partial charge in [0.1, 0.15) is 0 Å². The number of nitrogens with zero attached hydrogens (tertiary/aromatic N) is 1. The third-order valence-electron chi connectivity index (χ3n) is 2.10. The van der Waals surface area contributed by atoms with Gasteiger partial charge in [0.25, 0.3) is 0 Å². The molecule has 6 nitrogen and oxygen atoms in total. The summed E-state index contributed by atoms with van der Waals surface area (Å²) in [5.74, 6) is -1.53. The first kappa shape index (κ1) is 15.2. The zero-order valence-electron chi connectivity index (χ0n) is 10.1. The van der Waals surface area contributed by atoms with Crippen LogP contribution in [-0.2, 0) is 18.1 Å². The van der Waals surface area contributed by atoms with Crippen LogP contribution in [0.25, 0.3) is 0 Å². The molecule has 0 bridgehead atoms. The van der Waals surface area contributed by atoms with E-state index >= 15 is 0 Å². The maximum Gasteiger partial charge on any atom is 0.651 e. The molecule has 1 atom stereocenters. The lowest BCUT2D eigenvalue weighted by atomic mass is 10.1. The fourth-order valence-electron chi connectivity index (χ4n) is 1.16. The molecule has 0 aromatic rings. The molecule has 7 heteroatoms. The molecule has 0 saturated carbocycles. The first-order valence-corrected chi connectivity index (χ1v) is 6.66. The second-order valence-electron chi connectivity index (χ2n) is 3.15.